The van der Waals surface area contributed by atoms with Gasteiger partial charge in [0.25, 0.3) is 0 Å². The molecule has 0 N–H and O–H groups in total. The maximum Gasteiger partial charge on any atom is 0.336 e. The molecule has 1 amide bonds. The van der Waals surface area contributed by atoms with Crippen LogP contribution < -0.4 is 0 Å². The van der Waals surface area contributed by atoms with Gasteiger partial charge in [-0.25, -0.2) is 9.18 Å². The molecule has 1 aliphatic heterocycles. The molecule has 152 valence electrons. The highest BCUT2D eigenvalue weighted by Gasteiger charge is 2.38. The van der Waals surface area contributed by atoms with Crippen LogP contribution in [0.15, 0.2) is 65.9 Å². The van der Waals surface area contributed by atoms with Crippen LogP contribution >= 0.6 is 0 Å². The number of carbonyl (C=O) groups is 2. The fourth-order valence-electron chi connectivity index (χ4n) is 3.79. The first-order chi connectivity index (χ1) is 14.0. The van der Waals surface area contributed by atoms with Crippen molar-refractivity contribution in [3.8, 4) is 0 Å². The molecule has 1 atom stereocenters. The van der Waals surface area contributed by atoms with E-state index in [9.17, 15) is 14.0 Å². The van der Waals surface area contributed by atoms with Crippen molar-refractivity contribution in [2.75, 3.05) is 6.61 Å². The lowest BCUT2D eigenvalue weighted by Crippen LogP contribution is -2.39. The molecule has 0 saturated carbocycles. The fourth-order valence-corrected chi connectivity index (χ4v) is 3.79. The van der Waals surface area contributed by atoms with E-state index in [4.69, 9.17) is 4.74 Å². The minimum absolute atomic E-state index is 0.0420. The van der Waals surface area contributed by atoms with E-state index in [1.54, 1.807) is 24.0 Å². The molecule has 0 saturated heterocycles. The van der Waals surface area contributed by atoms with Crippen molar-refractivity contribution in [1.29, 1.82) is 0 Å². The first-order valence-electron chi connectivity index (χ1n) is 10.0. The van der Waals surface area contributed by atoms with Crippen LogP contribution in [0.1, 0.15) is 50.2 Å². The van der Waals surface area contributed by atoms with E-state index in [1.807, 2.05) is 37.3 Å². The number of esters is 1. The summed E-state index contributed by atoms with van der Waals surface area (Å²) in [5.41, 5.74) is 3.01. The average molecular weight is 395 g/mol. The van der Waals surface area contributed by atoms with Crippen molar-refractivity contribution in [3.63, 3.8) is 0 Å². The van der Waals surface area contributed by atoms with Gasteiger partial charge in [-0.3, -0.25) is 4.79 Å². The van der Waals surface area contributed by atoms with Crippen LogP contribution in [0.5, 0.6) is 0 Å². The van der Waals surface area contributed by atoms with E-state index in [1.165, 1.54) is 12.1 Å². The predicted molar refractivity (Wildman–Crippen MR) is 109 cm³/mol. The Morgan fingerprint density at radius 3 is 2.41 bits per heavy atom. The van der Waals surface area contributed by atoms with E-state index in [0.717, 1.165) is 17.5 Å². The second kappa shape index (κ2) is 9.50. The second-order valence-electron chi connectivity index (χ2n) is 7.10. The van der Waals surface area contributed by atoms with Crippen molar-refractivity contribution >= 4 is 11.9 Å². The third-order valence-electron chi connectivity index (χ3n) is 5.10. The summed E-state index contributed by atoms with van der Waals surface area (Å²) in [4.78, 5) is 27.7. The number of allylic oxidation sites excluding steroid dienone is 1. The molecular weight excluding hydrogens is 369 g/mol. The van der Waals surface area contributed by atoms with Crippen molar-refractivity contribution in [1.82, 2.24) is 4.90 Å². The topological polar surface area (TPSA) is 46.6 Å². The number of carbonyl (C=O) groups excluding carboxylic acids is 2. The van der Waals surface area contributed by atoms with Gasteiger partial charge in [0.05, 0.1) is 18.7 Å². The lowest BCUT2D eigenvalue weighted by molar-refractivity contribution is -0.140. The van der Waals surface area contributed by atoms with Crippen LogP contribution in [0.25, 0.3) is 0 Å². The molecule has 1 aliphatic rings. The molecule has 1 heterocycles. The summed E-state index contributed by atoms with van der Waals surface area (Å²) in [6.07, 6.45) is 1.57. The van der Waals surface area contributed by atoms with Gasteiger partial charge in [0, 0.05) is 18.0 Å². The van der Waals surface area contributed by atoms with Gasteiger partial charge >= 0.3 is 5.97 Å². The summed E-state index contributed by atoms with van der Waals surface area (Å²) in [5.74, 6) is -1.06. The minimum atomic E-state index is -0.374. The van der Waals surface area contributed by atoms with Crippen molar-refractivity contribution in [2.24, 2.45) is 0 Å². The summed E-state index contributed by atoms with van der Waals surface area (Å²) < 4.78 is 18.7. The van der Waals surface area contributed by atoms with Crippen LogP contribution in [0.2, 0.25) is 0 Å². The summed E-state index contributed by atoms with van der Waals surface area (Å²) in [5, 5.41) is 0. The third kappa shape index (κ3) is 4.73. The number of amides is 1. The molecule has 5 heteroatoms. The summed E-state index contributed by atoms with van der Waals surface area (Å²) >= 11 is 0. The van der Waals surface area contributed by atoms with Crippen molar-refractivity contribution in [2.45, 2.75) is 45.6 Å². The SMILES string of the molecule is CCCC1=C(C(=O)OCC)C(c2ccccc2)CC(=O)N1Cc1ccc(F)cc1. The maximum atomic E-state index is 13.3. The first-order valence-corrected chi connectivity index (χ1v) is 10.0. The normalized spacial score (nSPS) is 16.9. The average Bonchev–Trinajstić information content (AvgIpc) is 2.72. The Kier molecular flexibility index (Phi) is 6.81. The molecule has 0 bridgehead atoms. The quantitative estimate of drug-likeness (QED) is 0.623. The molecule has 0 aromatic heterocycles. The van der Waals surface area contributed by atoms with Gasteiger partial charge in [0.2, 0.25) is 5.91 Å². The van der Waals surface area contributed by atoms with E-state index in [2.05, 4.69) is 0 Å². The van der Waals surface area contributed by atoms with Crippen LogP contribution in [0, 0.1) is 5.82 Å². The number of nitrogens with zero attached hydrogens (tertiary/aromatic N) is 1. The van der Waals surface area contributed by atoms with Crippen LogP contribution in [0.4, 0.5) is 4.39 Å². The summed E-state index contributed by atoms with van der Waals surface area (Å²) in [7, 11) is 0. The molecule has 2 aromatic rings. The van der Waals surface area contributed by atoms with Gasteiger partial charge in [0.15, 0.2) is 0 Å². The number of rotatable bonds is 7. The predicted octanol–water partition coefficient (Wildman–Crippen LogP) is 4.96. The van der Waals surface area contributed by atoms with Gasteiger partial charge in [0.1, 0.15) is 5.82 Å². The Balaban J connectivity index is 2.08. The molecule has 0 fully saturated rings. The van der Waals surface area contributed by atoms with Crippen molar-refractivity contribution in [3.05, 3.63) is 82.8 Å². The number of benzene rings is 2. The van der Waals surface area contributed by atoms with Gasteiger partial charge in [-0.15, -0.1) is 0 Å². The zero-order valence-electron chi connectivity index (χ0n) is 16.9. The number of hydrogen-bond donors (Lipinski definition) is 0. The van der Waals surface area contributed by atoms with Gasteiger partial charge < -0.3 is 9.64 Å². The summed E-state index contributed by atoms with van der Waals surface area (Å²) in [6, 6.07) is 15.7. The molecule has 2 aromatic carbocycles. The Hall–Kier alpha value is -2.95. The lowest BCUT2D eigenvalue weighted by Gasteiger charge is -2.36. The molecular formula is C24H26FNO3. The lowest BCUT2D eigenvalue weighted by atomic mass is 9.82. The van der Waals surface area contributed by atoms with Crippen molar-refractivity contribution < 1.29 is 18.7 Å². The standard InChI is InChI=1S/C24H26FNO3/c1-3-8-21-23(24(28)29-4-2)20(18-9-6-5-7-10-18)15-22(27)26(21)16-17-11-13-19(25)14-12-17/h5-7,9-14,20H,3-4,8,15-16H2,1-2H3. The van der Waals surface area contributed by atoms with Gasteiger partial charge in [-0.2, -0.15) is 0 Å². The minimum Gasteiger partial charge on any atom is -0.463 e. The molecule has 1 unspecified atom stereocenters. The van der Waals surface area contributed by atoms with Crippen LogP contribution in [-0.4, -0.2) is 23.4 Å². The van der Waals surface area contributed by atoms with Crippen LogP contribution in [-0.2, 0) is 20.9 Å². The van der Waals surface area contributed by atoms with Gasteiger partial charge in [-0.1, -0.05) is 55.8 Å². The number of hydrogen-bond acceptors (Lipinski definition) is 3. The molecule has 29 heavy (non-hydrogen) atoms. The maximum absolute atomic E-state index is 13.3. The summed E-state index contributed by atoms with van der Waals surface area (Å²) in [6.45, 7) is 4.37. The molecule has 4 nitrogen and oxygen atoms in total. The third-order valence-corrected chi connectivity index (χ3v) is 5.10. The fraction of sp³-hybridized carbons (Fsp3) is 0.333. The Labute approximate surface area is 171 Å². The first kappa shape index (κ1) is 20.8. The number of ether oxygens (including phenoxy) is 1. The van der Waals surface area contributed by atoms with Crippen LogP contribution in [0.3, 0.4) is 0 Å². The van der Waals surface area contributed by atoms with E-state index < -0.39 is 0 Å². The second-order valence-corrected chi connectivity index (χ2v) is 7.10. The smallest absolute Gasteiger partial charge is 0.336 e. The molecule has 0 aliphatic carbocycles. The Bertz CT molecular complexity index is 890. The Morgan fingerprint density at radius 2 is 1.79 bits per heavy atom. The largest absolute Gasteiger partial charge is 0.463 e. The molecule has 3 rings (SSSR count). The highest BCUT2D eigenvalue weighted by molar-refractivity contribution is 5.96. The zero-order valence-corrected chi connectivity index (χ0v) is 16.9. The highest BCUT2D eigenvalue weighted by atomic mass is 19.1. The molecule has 0 radical (unpaired) electrons. The van der Waals surface area contributed by atoms with E-state index in [-0.39, 0.29) is 36.6 Å². The monoisotopic (exact) mass is 395 g/mol. The molecule has 0 spiro atoms. The van der Waals surface area contributed by atoms with E-state index in [0.29, 0.717) is 24.2 Å². The Morgan fingerprint density at radius 1 is 1.10 bits per heavy atom. The number of halogens is 1. The van der Waals surface area contributed by atoms with Gasteiger partial charge in [-0.05, 0) is 36.6 Å². The van der Waals surface area contributed by atoms with E-state index >= 15 is 0 Å². The zero-order chi connectivity index (χ0) is 20.8. The highest BCUT2D eigenvalue weighted by Crippen LogP contribution is 2.39.